The Morgan fingerprint density at radius 3 is 2.06 bits per heavy atom. The Morgan fingerprint density at radius 2 is 1.67 bits per heavy atom. The summed E-state index contributed by atoms with van der Waals surface area (Å²) >= 11 is 5.31. The molecule has 0 aliphatic rings. The van der Waals surface area contributed by atoms with Crippen LogP contribution in [-0.4, -0.2) is 39.2 Å². The van der Waals surface area contributed by atoms with Gasteiger partial charge in [0, 0.05) is 6.26 Å². The van der Waals surface area contributed by atoms with Crippen LogP contribution in [-0.2, 0) is 24.6 Å². The molecule has 0 aliphatic heterocycles. The zero-order valence-electron chi connectivity index (χ0n) is 9.58. The molecule has 1 unspecified atom stereocenters. The monoisotopic (exact) mass is 312 g/mol. The number of hydrogen-bond donors (Lipinski definition) is 1. The first-order valence-electron chi connectivity index (χ1n) is 4.86. The maximum absolute atomic E-state index is 11.9. The van der Waals surface area contributed by atoms with Crippen LogP contribution in [0.4, 0.5) is 0 Å². The lowest BCUT2D eigenvalue weighted by atomic mass is 10.1. The summed E-state index contributed by atoms with van der Waals surface area (Å²) in [5, 5.41) is 9.43. The Bertz CT molecular complexity index is 609. The summed E-state index contributed by atoms with van der Waals surface area (Å²) in [4.78, 5) is -2.52. The standard InChI is InChI=1S/C10H13ClO5S2/c1-17(13,14)7-10(12,18(15,16)8-11)9-5-3-2-4-6-9/h2-6,12H,7-8H2,1H3. The van der Waals surface area contributed by atoms with Crippen LogP contribution in [0.25, 0.3) is 0 Å². The fraction of sp³-hybridized carbons (Fsp3) is 0.400. The van der Waals surface area contributed by atoms with Gasteiger partial charge in [-0.3, -0.25) is 0 Å². The second-order valence-corrected chi connectivity index (χ2v) is 8.86. The molecule has 0 bridgehead atoms. The van der Waals surface area contributed by atoms with Crippen LogP contribution in [0.1, 0.15) is 5.56 Å². The molecule has 1 aromatic rings. The van der Waals surface area contributed by atoms with E-state index in [4.69, 9.17) is 11.6 Å². The van der Waals surface area contributed by atoms with Crippen LogP contribution >= 0.6 is 11.6 Å². The first kappa shape index (κ1) is 15.4. The third kappa shape index (κ3) is 3.23. The van der Waals surface area contributed by atoms with Gasteiger partial charge in [0.1, 0.15) is 5.21 Å². The molecule has 0 saturated heterocycles. The van der Waals surface area contributed by atoms with E-state index in [-0.39, 0.29) is 5.56 Å². The van der Waals surface area contributed by atoms with E-state index in [1.54, 1.807) is 6.07 Å². The lowest BCUT2D eigenvalue weighted by Gasteiger charge is -2.26. The molecule has 0 amide bonds. The van der Waals surface area contributed by atoms with Gasteiger partial charge >= 0.3 is 0 Å². The van der Waals surface area contributed by atoms with Crippen LogP contribution in [0.15, 0.2) is 30.3 Å². The Labute approximate surface area is 111 Å². The molecule has 102 valence electrons. The van der Waals surface area contributed by atoms with Gasteiger partial charge in [0.2, 0.25) is 4.93 Å². The summed E-state index contributed by atoms with van der Waals surface area (Å²) in [6.45, 7) is 0. The smallest absolute Gasteiger partial charge is 0.206 e. The van der Waals surface area contributed by atoms with Crippen molar-refractivity contribution in [1.82, 2.24) is 0 Å². The minimum absolute atomic E-state index is 0.0175. The van der Waals surface area contributed by atoms with Crippen molar-refractivity contribution in [3.8, 4) is 0 Å². The molecule has 18 heavy (non-hydrogen) atoms. The molecule has 0 aromatic heterocycles. The molecule has 0 radical (unpaired) electrons. The highest BCUT2D eigenvalue weighted by Gasteiger charge is 2.45. The zero-order valence-corrected chi connectivity index (χ0v) is 12.0. The minimum atomic E-state index is -4.20. The molecule has 0 fully saturated rings. The Kier molecular flexibility index (Phi) is 4.42. The van der Waals surface area contributed by atoms with Gasteiger partial charge in [-0.2, -0.15) is 0 Å². The van der Waals surface area contributed by atoms with Crippen LogP contribution in [0.2, 0.25) is 0 Å². The van der Waals surface area contributed by atoms with E-state index < -0.39 is 35.6 Å². The SMILES string of the molecule is CS(=O)(=O)CC(O)(c1ccccc1)S(=O)(=O)CCl. The fourth-order valence-corrected chi connectivity index (χ4v) is 4.95. The molecule has 1 aromatic carbocycles. The van der Waals surface area contributed by atoms with Gasteiger partial charge in [0.15, 0.2) is 19.7 Å². The van der Waals surface area contributed by atoms with E-state index in [2.05, 4.69) is 0 Å². The minimum Gasteiger partial charge on any atom is -0.370 e. The van der Waals surface area contributed by atoms with Crippen molar-refractivity contribution in [1.29, 1.82) is 0 Å². The molecule has 0 aliphatic carbocycles. The van der Waals surface area contributed by atoms with Crippen molar-refractivity contribution in [2.75, 3.05) is 17.2 Å². The van der Waals surface area contributed by atoms with Gasteiger partial charge in [-0.1, -0.05) is 30.3 Å². The quantitative estimate of drug-likeness (QED) is 0.799. The van der Waals surface area contributed by atoms with Crippen LogP contribution in [0, 0.1) is 0 Å². The number of halogens is 1. The summed E-state index contributed by atoms with van der Waals surface area (Å²) in [7, 11) is -7.92. The number of sulfone groups is 2. The van der Waals surface area contributed by atoms with Gasteiger partial charge in [-0.05, 0) is 5.56 Å². The number of rotatable bonds is 5. The van der Waals surface area contributed by atoms with Crippen molar-refractivity contribution < 1.29 is 21.9 Å². The first-order valence-corrected chi connectivity index (χ1v) is 9.11. The highest BCUT2D eigenvalue weighted by atomic mass is 35.5. The fourth-order valence-electron chi connectivity index (χ4n) is 1.50. The van der Waals surface area contributed by atoms with Gasteiger partial charge in [0.25, 0.3) is 0 Å². The highest BCUT2D eigenvalue weighted by Crippen LogP contribution is 2.30. The van der Waals surface area contributed by atoms with Crippen molar-refractivity contribution in [2.45, 2.75) is 4.93 Å². The molecule has 1 rings (SSSR count). The van der Waals surface area contributed by atoms with Crippen LogP contribution in [0.3, 0.4) is 0 Å². The summed E-state index contributed by atoms with van der Waals surface area (Å²) in [5.41, 5.74) is -0.0175. The maximum Gasteiger partial charge on any atom is 0.206 e. The van der Waals surface area contributed by atoms with Crippen molar-refractivity contribution >= 4 is 31.3 Å². The lowest BCUT2D eigenvalue weighted by molar-refractivity contribution is 0.148. The summed E-state index contributed by atoms with van der Waals surface area (Å²) in [5.74, 6) is -0.931. The second kappa shape index (κ2) is 5.16. The van der Waals surface area contributed by atoms with Gasteiger partial charge < -0.3 is 5.11 Å². The van der Waals surface area contributed by atoms with E-state index in [1.165, 1.54) is 24.3 Å². The summed E-state index contributed by atoms with van der Waals surface area (Å²) in [6.07, 6.45) is 0.852. The molecule has 0 heterocycles. The normalized spacial score (nSPS) is 16.2. The van der Waals surface area contributed by atoms with E-state index in [9.17, 15) is 21.9 Å². The molecule has 0 spiro atoms. The van der Waals surface area contributed by atoms with Gasteiger partial charge in [-0.15, -0.1) is 11.6 Å². The molecule has 1 atom stereocenters. The number of aliphatic hydroxyl groups is 1. The Balaban J connectivity index is 3.46. The second-order valence-electron chi connectivity index (χ2n) is 3.94. The maximum atomic E-state index is 11.9. The molecule has 8 heteroatoms. The Morgan fingerprint density at radius 1 is 1.17 bits per heavy atom. The first-order chi connectivity index (χ1) is 8.12. The van der Waals surface area contributed by atoms with Gasteiger partial charge in [-0.25, -0.2) is 16.8 Å². The highest BCUT2D eigenvalue weighted by molar-refractivity contribution is 7.96. The van der Waals surface area contributed by atoms with Crippen molar-refractivity contribution in [2.24, 2.45) is 0 Å². The average molecular weight is 313 g/mol. The topological polar surface area (TPSA) is 88.5 Å². The van der Waals surface area contributed by atoms with E-state index >= 15 is 0 Å². The Hall–Kier alpha value is -0.630. The van der Waals surface area contributed by atoms with E-state index in [0.717, 1.165) is 6.26 Å². The molecular weight excluding hydrogens is 300 g/mol. The van der Waals surface area contributed by atoms with Crippen LogP contribution < -0.4 is 0 Å². The zero-order chi connectivity index (χ0) is 14.0. The van der Waals surface area contributed by atoms with E-state index in [1.807, 2.05) is 0 Å². The number of alkyl halides is 1. The average Bonchev–Trinajstić information content (AvgIpc) is 2.27. The predicted molar refractivity (Wildman–Crippen MR) is 69.7 cm³/mol. The largest absolute Gasteiger partial charge is 0.370 e. The molecule has 1 N–H and O–H groups in total. The molecule has 5 nitrogen and oxygen atoms in total. The lowest BCUT2D eigenvalue weighted by Crippen LogP contribution is -2.42. The van der Waals surface area contributed by atoms with Crippen molar-refractivity contribution in [3.63, 3.8) is 0 Å². The summed E-state index contributed by atoms with van der Waals surface area (Å²) < 4.78 is 46.3. The predicted octanol–water partition coefficient (Wildman–Crippen LogP) is 0.487. The van der Waals surface area contributed by atoms with Crippen molar-refractivity contribution in [3.05, 3.63) is 35.9 Å². The third-order valence-electron chi connectivity index (χ3n) is 2.34. The molecular formula is C10H13ClO5S2. The van der Waals surface area contributed by atoms with Crippen LogP contribution in [0.5, 0.6) is 0 Å². The third-order valence-corrected chi connectivity index (χ3v) is 6.02. The number of hydrogen-bond acceptors (Lipinski definition) is 5. The number of benzene rings is 1. The van der Waals surface area contributed by atoms with Gasteiger partial charge in [0.05, 0.1) is 5.75 Å². The van der Waals surface area contributed by atoms with E-state index in [0.29, 0.717) is 0 Å². The molecule has 0 saturated carbocycles. The summed E-state index contributed by atoms with van der Waals surface area (Å²) in [6, 6.07) is 7.32.